The molecule has 1 saturated heterocycles. The largest absolute Gasteiger partial charge is 0.379 e. The first kappa shape index (κ1) is 13.5. The van der Waals surface area contributed by atoms with Gasteiger partial charge in [0.2, 0.25) is 0 Å². The summed E-state index contributed by atoms with van der Waals surface area (Å²) in [4.78, 5) is 2.43. The van der Waals surface area contributed by atoms with E-state index in [0.29, 0.717) is 0 Å². The minimum absolute atomic E-state index is 0.289. The molecule has 1 unspecified atom stereocenters. The van der Waals surface area contributed by atoms with E-state index >= 15 is 0 Å². The number of hydrogen-bond acceptors (Lipinski definition) is 5. The SMILES string of the molecule is Cc1noc(C)c1C(C)NCCN1CCOCC1. The van der Waals surface area contributed by atoms with Crippen LogP contribution >= 0.6 is 0 Å². The fourth-order valence-electron chi connectivity index (χ4n) is 2.47. The van der Waals surface area contributed by atoms with Gasteiger partial charge in [-0.2, -0.15) is 0 Å². The number of nitrogens with one attached hydrogen (secondary N) is 1. The van der Waals surface area contributed by atoms with E-state index in [1.54, 1.807) is 0 Å². The van der Waals surface area contributed by atoms with Gasteiger partial charge in [-0.05, 0) is 20.8 Å². The van der Waals surface area contributed by atoms with Crippen LogP contribution in [0.25, 0.3) is 0 Å². The maximum absolute atomic E-state index is 5.33. The molecule has 2 rings (SSSR count). The monoisotopic (exact) mass is 253 g/mol. The fraction of sp³-hybridized carbons (Fsp3) is 0.769. The van der Waals surface area contributed by atoms with Gasteiger partial charge in [-0.1, -0.05) is 5.16 Å². The predicted octanol–water partition coefficient (Wildman–Crippen LogP) is 1.27. The number of rotatable bonds is 5. The Morgan fingerprint density at radius 2 is 2.06 bits per heavy atom. The maximum atomic E-state index is 5.33. The Labute approximate surface area is 108 Å². The fourth-order valence-corrected chi connectivity index (χ4v) is 2.47. The van der Waals surface area contributed by atoms with Crippen LogP contribution in [-0.2, 0) is 4.74 Å². The Bertz CT molecular complexity index is 353. The highest BCUT2D eigenvalue weighted by Crippen LogP contribution is 2.20. The van der Waals surface area contributed by atoms with E-state index in [0.717, 1.165) is 50.8 Å². The Balaban J connectivity index is 1.76. The van der Waals surface area contributed by atoms with Gasteiger partial charge in [0, 0.05) is 37.8 Å². The molecule has 1 aromatic rings. The highest BCUT2D eigenvalue weighted by Gasteiger charge is 2.16. The number of hydrogen-bond donors (Lipinski definition) is 1. The molecule has 0 aromatic carbocycles. The Morgan fingerprint density at radius 3 is 2.67 bits per heavy atom. The van der Waals surface area contributed by atoms with Gasteiger partial charge in [0.25, 0.3) is 0 Å². The molecule has 1 atom stereocenters. The van der Waals surface area contributed by atoms with E-state index in [9.17, 15) is 0 Å². The molecule has 2 heterocycles. The summed E-state index contributed by atoms with van der Waals surface area (Å²) in [6.45, 7) is 12.0. The first-order valence-corrected chi connectivity index (χ1v) is 6.64. The second-order valence-corrected chi connectivity index (χ2v) is 4.87. The smallest absolute Gasteiger partial charge is 0.138 e. The molecular formula is C13H23N3O2. The molecule has 0 spiro atoms. The second kappa shape index (κ2) is 6.31. The molecule has 18 heavy (non-hydrogen) atoms. The minimum Gasteiger partial charge on any atom is -0.379 e. The van der Waals surface area contributed by atoms with Gasteiger partial charge < -0.3 is 14.6 Å². The van der Waals surface area contributed by atoms with Crippen LogP contribution in [0.2, 0.25) is 0 Å². The van der Waals surface area contributed by atoms with Gasteiger partial charge in [-0.15, -0.1) is 0 Å². The molecule has 0 saturated carbocycles. The van der Waals surface area contributed by atoms with E-state index in [1.165, 1.54) is 5.56 Å². The summed E-state index contributed by atoms with van der Waals surface area (Å²) < 4.78 is 10.5. The molecule has 0 aliphatic carbocycles. The van der Waals surface area contributed by atoms with Crippen LogP contribution in [-0.4, -0.2) is 49.4 Å². The van der Waals surface area contributed by atoms with Crippen LogP contribution in [0.4, 0.5) is 0 Å². The molecule has 1 N–H and O–H groups in total. The van der Waals surface area contributed by atoms with Crippen LogP contribution in [0.15, 0.2) is 4.52 Å². The standard InChI is InChI=1S/C13H23N3O2/c1-10(13-11(2)15-18-12(13)3)14-4-5-16-6-8-17-9-7-16/h10,14H,4-9H2,1-3H3. The summed E-state index contributed by atoms with van der Waals surface area (Å²) in [7, 11) is 0. The Morgan fingerprint density at radius 1 is 1.33 bits per heavy atom. The lowest BCUT2D eigenvalue weighted by Gasteiger charge is -2.27. The van der Waals surface area contributed by atoms with Gasteiger partial charge in [-0.25, -0.2) is 0 Å². The van der Waals surface area contributed by atoms with Crippen molar-refractivity contribution in [3.8, 4) is 0 Å². The van der Waals surface area contributed by atoms with Gasteiger partial charge in [-0.3, -0.25) is 4.90 Å². The normalized spacial score (nSPS) is 19.1. The lowest BCUT2D eigenvalue weighted by Crippen LogP contribution is -2.40. The van der Waals surface area contributed by atoms with Crippen molar-refractivity contribution in [1.82, 2.24) is 15.4 Å². The van der Waals surface area contributed by atoms with Crippen molar-refractivity contribution in [2.24, 2.45) is 0 Å². The third-order valence-electron chi connectivity index (χ3n) is 3.50. The topological polar surface area (TPSA) is 50.5 Å². The van der Waals surface area contributed by atoms with Crippen LogP contribution in [0.5, 0.6) is 0 Å². The third kappa shape index (κ3) is 3.31. The van der Waals surface area contributed by atoms with Crippen molar-refractivity contribution in [3.05, 3.63) is 17.0 Å². The summed E-state index contributed by atoms with van der Waals surface area (Å²) in [6, 6.07) is 0.289. The van der Waals surface area contributed by atoms with Gasteiger partial charge >= 0.3 is 0 Å². The van der Waals surface area contributed by atoms with Gasteiger partial charge in [0.1, 0.15) is 5.76 Å². The Hall–Kier alpha value is -0.910. The van der Waals surface area contributed by atoms with Crippen LogP contribution < -0.4 is 5.32 Å². The first-order valence-electron chi connectivity index (χ1n) is 6.64. The van der Waals surface area contributed by atoms with Crippen molar-refractivity contribution >= 4 is 0 Å². The molecular weight excluding hydrogens is 230 g/mol. The number of aryl methyl sites for hydroxylation is 2. The maximum Gasteiger partial charge on any atom is 0.138 e. The number of morpholine rings is 1. The number of nitrogens with zero attached hydrogens (tertiary/aromatic N) is 2. The lowest BCUT2D eigenvalue weighted by molar-refractivity contribution is 0.0382. The van der Waals surface area contributed by atoms with E-state index in [-0.39, 0.29) is 6.04 Å². The molecule has 5 nitrogen and oxygen atoms in total. The lowest BCUT2D eigenvalue weighted by atomic mass is 10.1. The summed E-state index contributed by atoms with van der Waals surface area (Å²) in [6.07, 6.45) is 0. The number of aromatic nitrogens is 1. The average molecular weight is 253 g/mol. The molecule has 0 amide bonds. The van der Waals surface area contributed by atoms with E-state index in [2.05, 4.69) is 22.3 Å². The van der Waals surface area contributed by atoms with Crippen LogP contribution in [0.1, 0.15) is 30.0 Å². The molecule has 1 aliphatic heterocycles. The predicted molar refractivity (Wildman–Crippen MR) is 69.7 cm³/mol. The zero-order chi connectivity index (χ0) is 13.0. The summed E-state index contributed by atoms with van der Waals surface area (Å²) >= 11 is 0. The van der Waals surface area contributed by atoms with Gasteiger partial charge in [0.05, 0.1) is 18.9 Å². The highest BCUT2D eigenvalue weighted by molar-refractivity contribution is 5.24. The van der Waals surface area contributed by atoms with E-state index in [1.807, 2.05) is 13.8 Å². The first-order chi connectivity index (χ1) is 8.68. The quantitative estimate of drug-likeness (QED) is 0.856. The van der Waals surface area contributed by atoms with E-state index < -0.39 is 0 Å². The molecule has 102 valence electrons. The second-order valence-electron chi connectivity index (χ2n) is 4.87. The van der Waals surface area contributed by atoms with E-state index in [4.69, 9.17) is 9.26 Å². The Kier molecular flexibility index (Phi) is 4.74. The number of ether oxygens (including phenoxy) is 1. The van der Waals surface area contributed by atoms with Crippen LogP contribution in [0, 0.1) is 13.8 Å². The summed E-state index contributed by atoms with van der Waals surface area (Å²) in [5, 5.41) is 7.52. The van der Waals surface area contributed by atoms with Crippen molar-refractivity contribution in [3.63, 3.8) is 0 Å². The minimum atomic E-state index is 0.289. The van der Waals surface area contributed by atoms with Gasteiger partial charge in [0.15, 0.2) is 0 Å². The van der Waals surface area contributed by atoms with Crippen molar-refractivity contribution in [2.75, 3.05) is 39.4 Å². The van der Waals surface area contributed by atoms with Crippen molar-refractivity contribution in [1.29, 1.82) is 0 Å². The van der Waals surface area contributed by atoms with Crippen LogP contribution in [0.3, 0.4) is 0 Å². The zero-order valence-corrected chi connectivity index (χ0v) is 11.5. The molecule has 0 radical (unpaired) electrons. The molecule has 1 fully saturated rings. The molecule has 1 aromatic heterocycles. The molecule has 0 bridgehead atoms. The zero-order valence-electron chi connectivity index (χ0n) is 11.5. The van der Waals surface area contributed by atoms with Crippen molar-refractivity contribution < 1.29 is 9.26 Å². The molecule has 5 heteroatoms. The average Bonchev–Trinajstić information content (AvgIpc) is 2.70. The third-order valence-corrected chi connectivity index (χ3v) is 3.50. The summed E-state index contributed by atoms with van der Waals surface area (Å²) in [5.74, 6) is 0.916. The molecule has 1 aliphatic rings. The highest BCUT2D eigenvalue weighted by atomic mass is 16.5. The van der Waals surface area contributed by atoms with Crippen molar-refractivity contribution in [2.45, 2.75) is 26.8 Å². The summed E-state index contributed by atoms with van der Waals surface area (Å²) in [5.41, 5.74) is 2.18.